The standard InChI is InChI=1S/C39H76NO10P/c1-3-5-7-9-10-11-12-13-14-15-16-17-18-19-20-21-22-23-24-25-26-27-29-31-38(42)50-35(32-47-37(41)30-28-8-6-4-2)33-48-51(45,46)49-34-36(40)39(43)44/h35-36H,3-34,40H2,1-2H3,(H,43,44)(H,45,46). The number of carboxylic acid groups (broad SMARTS) is 1. The van der Waals surface area contributed by atoms with Gasteiger partial charge in [-0.05, 0) is 12.8 Å². The lowest BCUT2D eigenvalue weighted by molar-refractivity contribution is -0.161. The molecule has 0 heterocycles. The number of phosphoric ester groups is 1. The van der Waals surface area contributed by atoms with Crippen LogP contribution in [0.5, 0.6) is 0 Å². The summed E-state index contributed by atoms with van der Waals surface area (Å²) in [5.74, 6) is -2.39. The third-order valence-electron chi connectivity index (χ3n) is 9.11. The van der Waals surface area contributed by atoms with E-state index in [9.17, 15) is 23.8 Å². The molecule has 0 aliphatic rings. The summed E-state index contributed by atoms with van der Waals surface area (Å²) in [6.45, 7) is 2.67. The molecule has 302 valence electrons. The lowest BCUT2D eigenvalue weighted by Crippen LogP contribution is -2.34. The first kappa shape index (κ1) is 49.5. The van der Waals surface area contributed by atoms with Crippen LogP contribution in [0.1, 0.15) is 200 Å². The number of ether oxygens (including phenoxy) is 2. The van der Waals surface area contributed by atoms with Gasteiger partial charge in [0.15, 0.2) is 6.10 Å². The molecule has 12 heteroatoms. The van der Waals surface area contributed by atoms with E-state index in [1.165, 1.54) is 122 Å². The molecule has 0 amide bonds. The van der Waals surface area contributed by atoms with Gasteiger partial charge in [-0.15, -0.1) is 0 Å². The van der Waals surface area contributed by atoms with Gasteiger partial charge in [-0.2, -0.15) is 0 Å². The number of unbranched alkanes of at least 4 members (excludes halogenated alkanes) is 25. The summed E-state index contributed by atoms with van der Waals surface area (Å²) in [4.78, 5) is 45.3. The second-order valence-electron chi connectivity index (χ2n) is 14.1. The maximum absolute atomic E-state index is 12.5. The molecule has 0 aromatic carbocycles. The Labute approximate surface area is 310 Å². The van der Waals surface area contributed by atoms with Crippen LogP contribution < -0.4 is 5.73 Å². The average molecular weight is 750 g/mol. The Bertz CT molecular complexity index is 890. The van der Waals surface area contributed by atoms with E-state index in [4.69, 9.17) is 24.8 Å². The largest absolute Gasteiger partial charge is 0.480 e. The number of carbonyl (C=O) groups is 3. The zero-order valence-corrected chi connectivity index (χ0v) is 33.4. The van der Waals surface area contributed by atoms with Crippen molar-refractivity contribution in [1.82, 2.24) is 0 Å². The van der Waals surface area contributed by atoms with Gasteiger partial charge in [-0.25, -0.2) is 4.57 Å². The van der Waals surface area contributed by atoms with Gasteiger partial charge in [0.25, 0.3) is 0 Å². The minimum Gasteiger partial charge on any atom is -0.480 e. The normalized spacial score (nSPS) is 13.8. The van der Waals surface area contributed by atoms with Gasteiger partial charge in [-0.3, -0.25) is 23.4 Å². The van der Waals surface area contributed by atoms with E-state index in [0.717, 1.165) is 38.5 Å². The molecular formula is C39H76NO10P. The molecule has 3 unspecified atom stereocenters. The molecule has 0 aliphatic carbocycles. The lowest BCUT2D eigenvalue weighted by atomic mass is 10.0. The molecule has 11 nitrogen and oxygen atoms in total. The number of phosphoric acid groups is 1. The van der Waals surface area contributed by atoms with Crippen molar-refractivity contribution in [2.75, 3.05) is 19.8 Å². The Morgan fingerprint density at radius 1 is 0.529 bits per heavy atom. The van der Waals surface area contributed by atoms with Gasteiger partial charge in [0.1, 0.15) is 12.6 Å². The molecule has 0 radical (unpaired) electrons. The number of nitrogens with two attached hydrogens (primary N) is 1. The van der Waals surface area contributed by atoms with E-state index < -0.39 is 51.1 Å². The summed E-state index contributed by atoms with van der Waals surface area (Å²) >= 11 is 0. The van der Waals surface area contributed by atoms with E-state index >= 15 is 0 Å². The van der Waals surface area contributed by atoms with Crippen LogP contribution in [-0.2, 0) is 37.5 Å². The van der Waals surface area contributed by atoms with Crippen LogP contribution in [0.15, 0.2) is 0 Å². The van der Waals surface area contributed by atoms with Crippen molar-refractivity contribution in [1.29, 1.82) is 0 Å². The van der Waals surface area contributed by atoms with Gasteiger partial charge in [0, 0.05) is 12.8 Å². The number of rotatable bonds is 39. The number of carboxylic acids is 1. The summed E-state index contributed by atoms with van der Waals surface area (Å²) in [5, 5.41) is 8.83. The number of esters is 2. The minimum atomic E-state index is -4.69. The van der Waals surface area contributed by atoms with E-state index in [1.54, 1.807) is 0 Å². The summed E-state index contributed by atoms with van der Waals surface area (Å²) in [6.07, 6.45) is 32.6. The van der Waals surface area contributed by atoms with Crippen molar-refractivity contribution in [3.63, 3.8) is 0 Å². The predicted molar refractivity (Wildman–Crippen MR) is 203 cm³/mol. The molecule has 0 saturated heterocycles. The highest BCUT2D eigenvalue weighted by Crippen LogP contribution is 2.43. The predicted octanol–water partition coefficient (Wildman–Crippen LogP) is 10.3. The van der Waals surface area contributed by atoms with Gasteiger partial charge in [0.2, 0.25) is 0 Å². The molecule has 0 aromatic heterocycles. The van der Waals surface area contributed by atoms with Gasteiger partial charge >= 0.3 is 25.7 Å². The zero-order valence-electron chi connectivity index (χ0n) is 32.5. The molecule has 0 aromatic rings. The van der Waals surface area contributed by atoms with Gasteiger partial charge in [0.05, 0.1) is 13.2 Å². The number of aliphatic carboxylic acids is 1. The van der Waals surface area contributed by atoms with Crippen molar-refractivity contribution in [2.24, 2.45) is 5.73 Å². The third-order valence-corrected chi connectivity index (χ3v) is 10.1. The van der Waals surface area contributed by atoms with Crippen LogP contribution in [0.25, 0.3) is 0 Å². The van der Waals surface area contributed by atoms with Crippen molar-refractivity contribution in [3.8, 4) is 0 Å². The summed E-state index contributed by atoms with van der Waals surface area (Å²) in [7, 11) is -4.69. The molecule has 4 N–H and O–H groups in total. The molecule has 3 atom stereocenters. The minimum absolute atomic E-state index is 0.168. The molecule has 0 spiro atoms. The lowest BCUT2D eigenvalue weighted by Gasteiger charge is -2.20. The molecule has 0 aliphatic heterocycles. The Hall–Kier alpha value is -1.52. The molecule has 0 saturated carbocycles. The summed E-state index contributed by atoms with van der Waals surface area (Å²) in [6, 6.07) is -1.51. The number of hydrogen-bond acceptors (Lipinski definition) is 9. The van der Waals surface area contributed by atoms with Crippen LogP contribution in [0.4, 0.5) is 0 Å². The van der Waals surface area contributed by atoms with Crippen LogP contribution in [0, 0.1) is 0 Å². The van der Waals surface area contributed by atoms with Crippen molar-refractivity contribution < 1.29 is 47.5 Å². The fourth-order valence-electron chi connectivity index (χ4n) is 5.83. The highest BCUT2D eigenvalue weighted by molar-refractivity contribution is 7.47. The molecule has 0 bridgehead atoms. The first-order valence-corrected chi connectivity index (χ1v) is 22.1. The average Bonchev–Trinajstić information content (AvgIpc) is 3.10. The monoisotopic (exact) mass is 750 g/mol. The Morgan fingerprint density at radius 2 is 0.863 bits per heavy atom. The zero-order chi connectivity index (χ0) is 37.8. The highest BCUT2D eigenvalue weighted by atomic mass is 31.2. The summed E-state index contributed by atoms with van der Waals surface area (Å²) < 4.78 is 32.3. The van der Waals surface area contributed by atoms with E-state index in [2.05, 4.69) is 18.4 Å². The number of carbonyl (C=O) groups excluding carboxylic acids is 2. The fourth-order valence-corrected chi connectivity index (χ4v) is 6.61. The Balaban J connectivity index is 4.01. The van der Waals surface area contributed by atoms with Crippen LogP contribution >= 0.6 is 7.82 Å². The maximum atomic E-state index is 12.5. The topological polar surface area (TPSA) is 172 Å². The number of hydrogen-bond donors (Lipinski definition) is 3. The van der Waals surface area contributed by atoms with Crippen molar-refractivity contribution >= 4 is 25.7 Å². The molecule has 0 rings (SSSR count). The van der Waals surface area contributed by atoms with E-state index in [0.29, 0.717) is 12.8 Å². The smallest absolute Gasteiger partial charge is 0.472 e. The van der Waals surface area contributed by atoms with Crippen molar-refractivity contribution in [2.45, 2.75) is 212 Å². The van der Waals surface area contributed by atoms with Crippen LogP contribution in [0.2, 0.25) is 0 Å². The van der Waals surface area contributed by atoms with Crippen molar-refractivity contribution in [3.05, 3.63) is 0 Å². The quantitative estimate of drug-likeness (QED) is 0.0310. The first-order valence-electron chi connectivity index (χ1n) is 20.6. The Morgan fingerprint density at radius 3 is 1.25 bits per heavy atom. The second-order valence-corrected chi connectivity index (χ2v) is 15.6. The highest BCUT2D eigenvalue weighted by Gasteiger charge is 2.28. The van der Waals surface area contributed by atoms with Gasteiger partial charge in [-0.1, -0.05) is 174 Å². The van der Waals surface area contributed by atoms with Gasteiger partial charge < -0.3 is 25.2 Å². The molecule has 0 fully saturated rings. The third kappa shape index (κ3) is 35.3. The summed E-state index contributed by atoms with van der Waals surface area (Å²) in [5.41, 5.74) is 5.30. The fraction of sp³-hybridized carbons (Fsp3) is 0.923. The van der Waals surface area contributed by atoms with Crippen LogP contribution in [0.3, 0.4) is 0 Å². The first-order chi connectivity index (χ1) is 24.6. The maximum Gasteiger partial charge on any atom is 0.472 e. The van der Waals surface area contributed by atoms with E-state index in [1.807, 2.05) is 0 Å². The molecular weight excluding hydrogens is 673 g/mol. The Kier molecular flexibility index (Phi) is 34.4. The second kappa shape index (κ2) is 35.5. The van der Waals surface area contributed by atoms with E-state index in [-0.39, 0.29) is 19.4 Å². The molecule has 51 heavy (non-hydrogen) atoms. The van der Waals surface area contributed by atoms with Crippen LogP contribution in [-0.4, -0.2) is 59.9 Å². The SMILES string of the molecule is CCCCCCCCCCCCCCCCCCCCCCCCCC(=O)OC(COC(=O)CCCCCC)COP(=O)(O)OCC(N)C(=O)O.